The molecular weight excluding hydrogens is 391 g/mol. The van der Waals surface area contributed by atoms with Crippen LogP contribution in [-0.2, 0) is 42.0 Å². The van der Waals surface area contributed by atoms with Crippen LogP contribution in [-0.4, -0.2) is 22.8 Å². The fourth-order valence-electron chi connectivity index (χ4n) is 0.264. The summed E-state index contributed by atoms with van der Waals surface area (Å²) in [6.45, 7) is 5.74. The van der Waals surface area contributed by atoms with Crippen molar-refractivity contribution in [2.24, 2.45) is 20.6 Å². The second-order valence-corrected chi connectivity index (χ2v) is 3.25. The van der Waals surface area contributed by atoms with E-state index in [9.17, 15) is 20.8 Å². The Morgan fingerprint density at radius 2 is 0.739 bits per heavy atom. The molecule has 1 radical (unpaired) electrons. The van der Waals surface area contributed by atoms with E-state index in [1.807, 2.05) is 0 Å². The van der Waals surface area contributed by atoms with Gasteiger partial charge in [-0.25, -0.2) is 10.5 Å². The summed E-state index contributed by atoms with van der Waals surface area (Å²) in [4.78, 5) is 0. The summed E-state index contributed by atoms with van der Waals surface area (Å²) in [7, 11) is 0. The Morgan fingerprint density at radius 3 is 0.783 bits per heavy atom. The number of rotatable bonds is 2. The standard InChI is InChI=1S/2C4H8N2O2.2CHNS.Co/c2*1-3(5-7)4(2)6-8;2*2-1-3;/h2*7-8H,1-2H3;2*3H;/q;;;;+2/p-6. The Kier molecular flexibility index (Phi) is 39.8. The molecule has 0 aromatic rings. The first-order valence-corrected chi connectivity index (χ1v) is 5.80. The molecule has 10 nitrogen and oxygen atoms in total. The van der Waals surface area contributed by atoms with Gasteiger partial charge in [0.05, 0.1) is 0 Å². The van der Waals surface area contributed by atoms with Crippen molar-refractivity contribution in [3.63, 3.8) is 0 Å². The molecule has 0 atom stereocenters. The van der Waals surface area contributed by atoms with E-state index in [1.165, 1.54) is 38.5 Å². The minimum atomic E-state index is 0. The van der Waals surface area contributed by atoms with Crippen LogP contribution in [0.15, 0.2) is 20.6 Å². The second kappa shape index (κ2) is 28.0. The third-order valence-corrected chi connectivity index (χ3v) is 1.59. The first kappa shape index (κ1) is 32.7. The summed E-state index contributed by atoms with van der Waals surface area (Å²) in [5, 5.41) is 65.3. The average Bonchev–Trinajstić information content (AvgIpc) is 2.53. The molecule has 0 aliphatic rings. The van der Waals surface area contributed by atoms with Crippen molar-refractivity contribution >= 4 is 48.1 Å². The molecule has 0 spiro atoms. The van der Waals surface area contributed by atoms with E-state index < -0.39 is 0 Å². The predicted octanol–water partition coefficient (Wildman–Crippen LogP) is 1.83. The van der Waals surface area contributed by atoms with Gasteiger partial charge in [0.1, 0.15) is 0 Å². The minimum Gasteiger partial charge on any atom is -0.792 e. The van der Waals surface area contributed by atoms with Gasteiger partial charge in [0.15, 0.2) is 0 Å². The van der Waals surface area contributed by atoms with Crippen LogP contribution in [0.1, 0.15) is 27.7 Å². The van der Waals surface area contributed by atoms with Crippen molar-refractivity contribution < 1.29 is 16.8 Å². The Bertz CT molecular complexity index is 407. The fraction of sp³-hybridized carbons (Fsp3) is 0.400. The van der Waals surface area contributed by atoms with Gasteiger partial charge >= 0.3 is 16.8 Å². The molecule has 0 amide bonds. The molecule has 0 aromatic heterocycles. The average molecular weight is 403 g/mol. The third-order valence-electron chi connectivity index (χ3n) is 1.59. The molecule has 0 aliphatic carbocycles. The molecule has 131 valence electrons. The molecule has 0 fully saturated rings. The molecule has 0 saturated carbocycles. The van der Waals surface area contributed by atoms with E-state index in [1.54, 1.807) is 0 Å². The summed E-state index contributed by atoms with van der Waals surface area (Å²) in [6.07, 6.45) is 0. The van der Waals surface area contributed by atoms with E-state index in [-0.39, 0.29) is 39.6 Å². The molecule has 0 saturated heterocycles. The summed E-state index contributed by atoms with van der Waals surface area (Å²) in [5.74, 6) is 0. The molecule has 0 aliphatic heterocycles. The normalized spacial score (nSPS) is 10.5. The Balaban J connectivity index is -0.0000000680. The van der Waals surface area contributed by atoms with E-state index in [2.05, 4.69) is 45.9 Å². The maximum Gasteiger partial charge on any atom is 2.00 e. The van der Waals surface area contributed by atoms with Gasteiger partial charge in [0, 0.05) is 22.8 Å². The number of thiocyanates is 2. The molecule has 13 heteroatoms. The van der Waals surface area contributed by atoms with Crippen molar-refractivity contribution in [2.75, 3.05) is 0 Å². The van der Waals surface area contributed by atoms with Gasteiger partial charge in [0.2, 0.25) is 0 Å². The van der Waals surface area contributed by atoms with Gasteiger partial charge in [-0.2, -0.15) is 0 Å². The van der Waals surface area contributed by atoms with Gasteiger partial charge < -0.3 is 66.7 Å². The Hall–Kier alpha value is -2.19. The predicted molar refractivity (Wildman–Crippen MR) is 91.9 cm³/mol. The maximum atomic E-state index is 9.60. The topological polar surface area (TPSA) is 189 Å². The van der Waals surface area contributed by atoms with Crippen molar-refractivity contribution in [1.82, 2.24) is 0 Å². The zero-order chi connectivity index (χ0) is 18.6. The van der Waals surface area contributed by atoms with Crippen LogP contribution in [0.5, 0.6) is 0 Å². The van der Waals surface area contributed by atoms with Crippen LogP contribution >= 0.6 is 0 Å². The Labute approximate surface area is 155 Å². The van der Waals surface area contributed by atoms with Crippen LogP contribution in [0, 0.1) is 42.2 Å². The summed E-state index contributed by atoms with van der Waals surface area (Å²) < 4.78 is 0. The van der Waals surface area contributed by atoms with Gasteiger partial charge in [0.25, 0.3) is 0 Å². The van der Waals surface area contributed by atoms with E-state index >= 15 is 0 Å². The molecule has 0 aromatic carbocycles. The molecule has 0 unspecified atom stereocenters. The van der Waals surface area contributed by atoms with Gasteiger partial charge in [-0.05, 0) is 27.7 Å². The quantitative estimate of drug-likeness (QED) is 0.288. The summed E-state index contributed by atoms with van der Waals surface area (Å²) >= 11 is 7.40. The van der Waals surface area contributed by atoms with Crippen LogP contribution in [0.2, 0.25) is 0 Å². The van der Waals surface area contributed by atoms with Crippen molar-refractivity contribution in [3.8, 4) is 10.8 Å². The van der Waals surface area contributed by atoms with Crippen LogP contribution in [0.4, 0.5) is 0 Å². The maximum absolute atomic E-state index is 9.60. The van der Waals surface area contributed by atoms with E-state index in [0.29, 0.717) is 0 Å². The zero-order valence-electron chi connectivity index (χ0n) is 12.5. The Morgan fingerprint density at radius 1 is 0.652 bits per heavy atom. The largest absolute Gasteiger partial charge is 2.00 e. The molecule has 0 bridgehead atoms. The van der Waals surface area contributed by atoms with Gasteiger partial charge in [-0.1, -0.05) is 10.8 Å². The van der Waals surface area contributed by atoms with Gasteiger partial charge in [-0.15, -0.1) is 0 Å². The van der Waals surface area contributed by atoms with Crippen LogP contribution in [0.25, 0.3) is 0 Å². The molecule has 0 N–H and O–H groups in total. The van der Waals surface area contributed by atoms with Gasteiger partial charge in [-0.3, -0.25) is 0 Å². The first-order chi connectivity index (χ1) is 10.3. The SMILES string of the molecule is CC(=N[O-])C(C)=N[O-].CC(=N[O-])C(C)=N[O-].N#C[S-].N#C[S-].[Co+2]. The van der Waals surface area contributed by atoms with Crippen molar-refractivity contribution in [1.29, 1.82) is 10.5 Å². The number of nitrogens with zero attached hydrogens (tertiary/aromatic N) is 6. The van der Waals surface area contributed by atoms with Crippen LogP contribution < -0.4 is 0 Å². The minimum absolute atomic E-state index is 0. The zero-order valence-corrected chi connectivity index (χ0v) is 15.1. The fourth-order valence-corrected chi connectivity index (χ4v) is 0.264. The van der Waals surface area contributed by atoms with E-state index in [4.69, 9.17) is 10.5 Å². The smallest absolute Gasteiger partial charge is 0.792 e. The number of hydrogen-bond acceptors (Lipinski definition) is 12. The monoisotopic (exact) mass is 403 g/mol. The molecule has 0 heterocycles. The second-order valence-electron chi connectivity index (χ2n) is 2.89. The number of hydrogen-bond donors (Lipinski definition) is 0. The third kappa shape index (κ3) is 32.9. The first-order valence-electron chi connectivity index (χ1n) is 4.98. The number of nitriles is 2. The van der Waals surface area contributed by atoms with Crippen LogP contribution in [0.3, 0.4) is 0 Å². The molecule has 23 heavy (non-hydrogen) atoms. The summed E-state index contributed by atoms with van der Waals surface area (Å²) in [6, 6.07) is 0. The summed E-state index contributed by atoms with van der Waals surface area (Å²) in [5.41, 5.74) is 0.556. The van der Waals surface area contributed by atoms with Crippen molar-refractivity contribution in [3.05, 3.63) is 20.8 Å². The molecular formula is C10H12CoN6O4S2-4. The molecule has 0 rings (SSSR count). The van der Waals surface area contributed by atoms with Crippen molar-refractivity contribution in [2.45, 2.75) is 27.7 Å². The van der Waals surface area contributed by atoms with E-state index in [0.717, 1.165) is 0 Å².